The van der Waals surface area contributed by atoms with Gasteiger partial charge in [0.25, 0.3) is 0 Å². The Morgan fingerprint density at radius 2 is 1.61 bits per heavy atom. The highest BCUT2D eigenvalue weighted by Crippen LogP contribution is 2.40. The Morgan fingerprint density at radius 1 is 0.868 bits per heavy atom. The second-order valence-corrected chi connectivity index (χ2v) is 9.50. The molecule has 0 N–H and O–H groups in total. The highest BCUT2D eigenvalue weighted by Gasteiger charge is 2.35. The zero-order valence-corrected chi connectivity index (χ0v) is 21.0. The van der Waals surface area contributed by atoms with E-state index in [0.29, 0.717) is 22.6 Å². The first-order valence-electron chi connectivity index (χ1n) is 12.3. The normalized spacial score (nSPS) is 15.5. The molecule has 0 aliphatic carbocycles. The number of hydrogen-bond acceptors (Lipinski definition) is 3. The number of anilines is 1. The minimum Gasteiger partial charge on any atom is -0.488 e. The van der Waals surface area contributed by atoms with Crippen LogP contribution in [-0.4, -0.2) is 5.71 Å². The standard InChI is InChI=1S/C31H26F4N2O/c1-20-13-21(2)15-26(14-20)37-29(23-9-6-10-24(16-23)31(33,34)35)18-28(36-37)27-17-25(32)11-12-30(27)38-19-22-7-4-3-5-8-22/h3-17,29H,18-19H2,1-2H3/t29-/m0/s1. The summed E-state index contributed by atoms with van der Waals surface area (Å²) in [6.45, 7) is 4.20. The second-order valence-electron chi connectivity index (χ2n) is 9.50. The molecule has 0 saturated carbocycles. The average Bonchev–Trinajstić information content (AvgIpc) is 3.33. The lowest BCUT2D eigenvalue weighted by molar-refractivity contribution is -0.137. The van der Waals surface area contributed by atoms with Crippen molar-refractivity contribution in [2.24, 2.45) is 5.10 Å². The maximum absolute atomic E-state index is 14.4. The van der Waals surface area contributed by atoms with E-state index in [0.717, 1.165) is 34.5 Å². The van der Waals surface area contributed by atoms with Gasteiger partial charge in [-0.05, 0) is 78.6 Å². The van der Waals surface area contributed by atoms with Gasteiger partial charge >= 0.3 is 6.18 Å². The molecule has 38 heavy (non-hydrogen) atoms. The summed E-state index contributed by atoms with van der Waals surface area (Å²) >= 11 is 0. The van der Waals surface area contributed by atoms with E-state index in [1.165, 1.54) is 18.2 Å². The third kappa shape index (κ3) is 5.57. The lowest BCUT2D eigenvalue weighted by Gasteiger charge is -2.25. The third-order valence-corrected chi connectivity index (χ3v) is 6.47. The maximum atomic E-state index is 14.4. The first kappa shape index (κ1) is 25.5. The van der Waals surface area contributed by atoms with Crippen molar-refractivity contribution in [2.75, 3.05) is 5.01 Å². The van der Waals surface area contributed by atoms with Gasteiger partial charge < -0.3 is 4.74 Å². The number of benzene rings is 4. The number of rotatable bonds is 6. The van der Waals surface area contributed by atoms with E-state index in [1.807, 2.05) is 62.4 Å². The molecule has 1 aliphatic rings. The molecule has 0 fully saturated rings. The van der Waals surface area contributed by atoms with Gasteiger partial charge in [-0.2, -0.15) is 18.3 Å². The monoisotopic (exact) mass is 518 g/mol. The Morgan fingerprint density at radius 3 is 2.32 bits per heavy atom. The zero-order chi connectivity index (χ0) is 26.9. The van der Waals surface area contributed by atoms with Crippen LogP contribution in [0.25, 0.3) is 0 Å². The van der Waals surface area contributed by atoms with Crippen LogP contribution in [0.3, 0.4) is 0 Å². The summed E-state index contributed by atoms with van der Waals surface area (Å²) in [5, 5.41) is 6.57. The molecule has 0 unspecified atom stereocenters. The smallest absolute Gasteiger partial charge is 0.416 e. The molecular formula is C31H26F4N2O. The topological polar surface area (TPSA) is 24.8 Å². The summed E-state index contributed by atoms with van der Waals surface area (Å²) in [4.78, 5) is 0. The molecule has 0 amide bonds. The predicted molar refractivity (Wildman–Crippen MR) is 141 cm³/mol. The molecule has 1 atom stereocenters. The third-order valence-electron chi connectivity index (χ3n) is 6.47. The highest BCUT2D eigenvalue weighted by molar-refractivity contribution is 6.05. The molecule has 0 aromatic heterocycles. The molecule has 4 aromatic carbocycles. The van der Waals surface area contributed by atoms with Crippen molar-refractivity contribution in [1.82, 2.24) is 0 Å². The Labute approximate surface area is 219 Å². The van der Waals surface area contributed by atoms with Gasteiger partial charge in [0.05, 0.1) is 23.0 Å². The summed E-state index contributed by atoms with van der Waals surface area (Å²) < 4.78 is 61.1. The number of ether oxygens (including phenoxy) is 1. The molecule has 5 rings (SSSR count). The minimum atomic E-state index is -4.47. The van der Waals surface area contributed by atoms with Gasteiger partial charge in [-0.1, -0.05) is 48.5 Å². The van der Waals surface area contributed by atoms with Crippen LogP contribution in [0.2, 0.25) is 0 Å². The fourth-order valence-corrected chi connectivity index (χ4v) is 4.76. The van der Waals surface area contributed by atoms with Crippen LogP contribution >= 0.6 is 0 Å². The second kappa shape index (κ2) is 10.3. The molecule has 0 bridgehead atoms. The van der Waals surface area contributed by atoms with Gasteiger partial charge in [0.15, 0.2) is 0 Å². The first-order valence-corrected chi connectivity index (χ1v) is 12.3. The summed E-state index contributed by atoms with van der Waals surface area (Å²) in [7, 11) is 0. The van der Waals surface area contributed by atoms with Crippen molar-refractivity contribution in [3.05, 3.63) is 130 Å². The van der Waals surface area contributed by atoms with E-state index >= 15 is 0 Å². The Hall–Kier alpha value is -4.13. The molecule has 7 heteroatoms. The minimum absolute atomic E-state index is 0.277. The number of nitrogens with zero attached hydrogens (tertiary/aromatic N) is 2. The molecule has 1 aliphatic heterocycles. The fourth-order valence-electron chi connectivity index (χ4n) is 4.76. The fraction of sp³-hybridized carbons (Fsp3) is 0.194. The van der Waals surface area contributed by atoms with Gasteiger partial charge in [0, 0.05) is 12.0 Å². The van der Waals surface area contributed by atoms with Crippen molar-refractivity contribution in [3.63, 3.8) is 0 Å². The summed E-state index contributed by atoms with van der Waals surface area (Å²) in [5.74, 6) is 0.00861. The van der Waals surface area contributed by atoms with Crippen LogP contribution in [0.1, 0.15) is 45.8 Å². The van der Waals surface area contributed by atoms with Crippen molar-refractivity contribution in [1.29, 1.82) is 0 Å². The quantitative estimate of drug-likeness (QED) is 0.240. The number of hydrogen-bond donors (Lipinski definition) is 0. The van der Waals surface area contributed by atoms with E-state index in [2.05, 4.69) is 0 Å². The molecular weight excluding hydrogens is 492 g/mol. The van der Waals surface area contributed by atoms with Gasteiger partial charge in [-0.25, -0.2) is 4.39 Å². The van der Waals surface area contributed by atoms with Crippen LogP contribution in [0.5, 0.6) is 5.75 Å². The van der Waals surface area contributed by atoms with Crippen molar-refractivity contribution >= 4 is 11.4 Å². The first-order chi connectivity index (χ1) is 18.2. The summed E-state index contributed by atoms with van der Waals surface area (Å²) in [6, 6.07) is 24.5. The van der Waals surface area contributed by atoms with Crippen LogP contribution in [-0.2, 0) is 12.8 Å². The van der Waals surface area contributed by atoms with Crippen LogP contribution < -0.4 is 9.75 Å². The van der Waals surface area contributed by atoms with Crippen molar-refractivity contribution in [3.8, 4) is 5.75 Å². The number of aryl methyl sites for hydroxylation is 2. The SMILES string of the molecule is Cc1cc(C)cc(N2N=C(c3cc(F)ccc3OCc3ccccc3)C[C@H]2c2cccc(C(F)(F)F)c2)c1. The Balaban J connectivity index is 1.56. The molecule has 4 aromatic rings. The Kier molecular flexibility index (Phi) is 6.93. The molecule has 0 saturated heterocycles. The van der Waals surface area contributed by atoms with Crippen molar-refractivity contribution in [2.45, 2.75) is 39.1 Å². The van der Waals surface area contributed by atoms with E-state index in [9.17, 15) is 17.6 Å². The summed E-state index contributed by atoms with van der Waals surface area (Å²) in [5.41, 5.74) is 4.48. The van der Waals surface area contributed by atoms with Gasteiger partial charge in [-0.15, -0.1) is 0 Å². The van der Waals surface area contributed by atoms with E-state index in [-0.39, 0.29) is 13.0 Å². The lowest BCUT2D eigenvalue weighted by Crippen LogP contribution is -2.19. The molecule has 3 nitrogen and oxygen atoms in total. The van der Waals surface area contributed by atoms with Crippen molar-refractivity contribution < 1.29 is 22.3 Å². The predicted octanol–water partition coefficient (Wildman–Crippen LogP) is 8.40. The van der Waals surface area contributed by atoms with Gasteiger partial charge in [0.1, 0.15) is 18.2 Å². The van der Waals surface area contributed by atoms with Crippen LogP contribution in [0.4, 0.5) is 23.2 Å². The van der Waals surface area contributed by atoms with E-state index < -0.39 is 23.6 Å². The number of halogens is 4. The van der Waals surface area contributed by atoms with Gasteiger partial charge in [0.2, 0.25) is 0 Å². The molecule has 1 heterocycles. The molecule has 0 radical (unpaired) electrons. The van der Waals surface area contributed by atoms with Gasteiger partial charge in [-0.3, -0.25) is 5.01 Å². The maximum Gasteiger partial charge on any atom is 0.416 e. The summed E-state index contributed by atoms with van der Waals surface area (Å²) in [6.07, 6.45) is -4.19. The van der Waals surface area contributed by atoms with E-state index in [1.54, 1.807) is 17.1 Å². The average molecular weight is 519 g/mol. The zero-order valence-electron chi connectivity index (χ0n) is 21.0. The number of alkyl halides is 3. The van der Waals surface area contributed by atoms with E-state index in [4.69, 9.17) is 9.84 Å². The highest BCUT2D eigenvalue weighted by atomic mass is 19.4. The van der Waals surface area contributed by atoms with Crippen LogP contribution in [0, 0.1) is 19.7 Å². The number of hydrazone groups is 1. The molecule has 194 valence electrons. The molecule has 0 spiro atoms. The lowest BCUT2D eigenvalue weighted by atomic mass is 9.96. The van der Waals surface area contributed by atoms with Crippen LogP contribution in [0.15, 0.2) is 96.1 Å². The largest absolute Gasteiger partial charge is 0.488 e. The Bertz CT molecular complexity index is 1460.